The zero-order valence-corrected chi connectivity index (χ0v) is 10.6. The Morgan fingerprint density at radius 2 is 2.16 bits per heavy atom. The van der Waals surface area contributed by atoms with Crippen molar-refractivity contribution in [3.05, 3.63) is 36.0 Å². The second kappa shape index (κ2) is 4.51. The molecule has 0 aliphatic carbocycles. The number of aromatic nitrogens is 2. The zero-order chi connectivity index (χ0) is 13.4. The zero-order valence-electron chi connectivity index (χ0n) is 10.6. The highest BCUT2D eigenvalue weighted by molar-refractivity contribution is 5.91. The minimum absolute atomic E-state index is 0.0653. The van der Waals surface area contributed by atoms with Gasteiger partial charge in [0.15, 0.2) is 0 Å². The number of aryl methyl sites for hydroxylation is 1. The molecule has 0 radical (unpaired) electrons. The maximum absolute atomic E-state index is 12.0. The van der Waals surface area contributed by atoms with Crippen LogP contribution in [-0.2, 0) is 0 Å². The maximum atomic E-state index is 12.0. The summed E-state index contributed by atoms with van der Waals surface area (Å²) in [6, 6.07) is 9.59. The van der Waals surface area contributed by atoms with E-state index in [4.69, 9.17) is 0 Å². The summed E-state index contributed by atoms with van der Waals surface area (Å²) in [5.74, 6) is 0.595. The molecule has 0 saturated heterocycles. The summed E-state index contributed by atoms with van der Waals surface area (Å²) >= 11 is 0. The average molecular weight is 257 g/mol. The summed E-state index contributed by atoms with van der Waals surface area (Å²) < 4.78 is 1.41. The van der Waals surface area contributed by atoms with Crippen LogP contribution < -0.4 is 5.32 Å². The first-order valence-electron chi connectivity index (χ1n) is 6.26. The van der Waals surface area contributed by atoms with Gasteiger partial charge in [-0.2, -0.15) is 9.78 Å². The molecule has 1 unspecified atom stereocenters. The predicted molar refractivity (Wildman–Crippen MR) is 72.1 cm³/mol. The van der Waals surface area contributed by atoms with Gasteiger partial charge in [-0.05, 0) is 12.5 Å². The topological polar surface area (TPSA) is 67.2 Å². The Balaban J connectivity index is 2.15. The first-order chi connectivity index (χ1) is 9.20. The smallest absolute Gasteiger partial charge is 0.250 e. The number of hydrogen-bond donors (Lipinski definition) is 2. The van der Waals surface area contributed by atoms with Gasteiger partial charge in [-0.1, -0.05) is 30.3 Å². The molecule has 1 aromatic heterocycles. The number of aliphatic hydroxyl groups excluding tert-OH is 1. The van der Waals surface area contributed by atoms with Crippen LogP contribution in [0.5, 0.6) is 0 Å². The standard InChI is InChI=1S/C14H15N3O2/c1-9-13(10-5-3-2-4-6-10)14-15-11(8-18)7-12(19)17(14)16-9/h2-6,11,15,18H,7-8H2,1H3. The molecule has 2 heterocycles. The van der Waals surface area contributed by atoms with E-state index in [0.717, 1.165) is 16.8 Å². The van der Waals surface area contributed by atoms with Gasteiger partial charge in [0, 0.05) is 5.56 Å². The number of hydrogen-bond acceptors (Lipinski definition) is 4. The summed E-state index contributed by atoms with van der Waals surface area (Å²) in [5.41, 5.74) is 2.74. The van der Waals surface area contributed by atoms with Crippen molar-refractivity contribution in [3.63, 3.8) is 0 Å². The molecule has 0 spiro atoms. The molecule has 2 N–H and O–H groups in total. The van der Waals surface area contributed by atoms with E-state index in [-0.39, 0.29) is 25.0 Å². The van der Waals surface area contributed by atoms with Gasteiger partial charge in [0.25, 0.3) is 5.91 Å². The second-order valence-corrected chi connectivity index (χ2v) is 4.71. The molecule has 5 nitrogen and oxygen atoms in total. The van der Waals surface area contributed by atoms with Crippen molar-refractivity contribution in [2.75, 3.05) is 11.9 Å². The van der Waals surface area contributed by atoms with Crippen LogP contribution in [0.2, 0.25) is 0 Å². The number of fused-ring (bicyclic) bond motifs is 1. The lowest BCUT2D eigenvalue weighted by atomic mass is 10.0. The van der Waals surface area contributed by atoms with E-state index in [1.807, 2.05) is 37.3 Å². The van der Waals surface area contributed by atoms with Gasteiger partial charge < -0.3 is 10.4 Å². The van der Waals surface area contributed by atoms with Crippen LogP contribution in [0.4, 0.5) is 5.82 Å². The van der Waals surface area contributed by atoms with Gasteiger partial charge in [0.2, 0.25) is 0 Å². The highest BCUT2D eigenvalue weighted by Gasteiger charge is 2.29. The Morgan fingerprint density at radius 1 is 1.42 bits per heavy atom. The van der Waals surface area contributed by atoms with E-state index in [0.29, 0.717) is 5.82 Å². The van der Waals surface area contributed by atoms with E-state index >= 15 is 0 Å². The van der Waals surface area contributed by atoms with Gasteiger partial charge >= 0.3 is 0 Å². The third-order valence-electron chi connectivity index (χ3n) is 3.34. The minimum Gasteiger partial charge on any atom is -0.394 e. The predicted octanol–water partition coefficient (Wildman–Crippen LogP) is 1.68. The van der Waals surface area contributed by atoms with Crippen molar-refractivity contribution < 1.29 is 9.90 Å². The van der Waals surface area contributed by atoms with E-state index in [9.17, 15) is 9.90 Å². The van der Waals surface area contributed by atoms with Crippen molar-refractivity contribution >= 4 is 11.7 Å². The molecule has 19 heavy (non-hydrogen) atoms. The van der Waals surface area contributed by atoms with Crippen LogP contribution in [0.3, 0.4) is 0 Å². The molecule has 1 atom stereocenters. The second-order valence-electron chi connectivity index (χ2n) is 4.71. The van der Waals surface area contributed by atoms with E-state index < -0.39 is 0 Å². The Hall–Kier alpha value is -2.14. The van der Waals surface area contributed by atoms with Crippen molar-refractivity contribution in [3.8, 4) is 11.1 Å². The molecule has 0 saturated carbocycles. The maximum Gasteiger partial charge on any atom is 0.250 e. The van der Waals surface area contributed by atoms with Crippen molar-refractivity contribution in [1.82, 2.24) is 9.78 Å². The normalized spacial score (nSPS) is 18.0. The van der Waals surface area contributed by atoms with E-state index in [2.05, 4.69) is 10.4 Å². The van der Waals surface area contributed by atoms with Crippen LogP contribution in [0.25, 0.3) is 11.1 Å². The first kappa shape index (κ1) is 11.9. The van der Waals surface area contributed by atoms with E-state index in [1.165, 1.54) is 4.68 Å². The fraction of sp³-hybridized carbons (Fsp3) is 0.286. The molecule has 1 aromatic carbocycles. The number of nitrogens with one attached hydrogen (secondary N) is 1. The Labute approximate surface area is 110 Å². The molecular formula is C14H15N3O2. The average Bonchev–Trinajstić information content (AvgIpc) is 2.76. The number of nitrogens with zero attached hydrogens (tertiary/aromatic N) is 2. The molecule has 1 aliphatic heterocycles. The molecule has 2 aromatic rings. The lowest BCUT2D eigenvalue weighted by molar-refractivity contribution is 0.0858. The number of carbonyl (C=O) groups excluding carboxylic acids is 1. The SMILES string of the molecule is Cc1nn2c(c1-c1ccccc1)NC(CO)CC2=O. The monoisotopic (exact) mass is 257 g/mol. The van der Waals surface area contributed by atoms with Crippen LogP contribution in [0.1, 0.15) is 16.9 Å². The van der Waals surface area contributed by atoms with Gasteiger partial charge in [-0.25, -0.2) is 0 Å². The molecule has 3 rings (SSSR count). The third kappa shape index (κ3) is 1.92. The number of aliphatic hydroxyl groups is 1. The summed E-state index contributed by atoms with van der Waals surface area (Å²) in [6.07, 6.45) is 0.263. The Morgan fingerprint density at radius 3 is 2.84 bits per heavy atom. The van der Waals surface area contributed by atoms with Gasteiger partial charge in [0.1, 0.15) is 5.82 Å². The van der Waals surface area contributed by atoms with Crippen LogP contribution in [-0.4, -0.2) is 33.4 Å². The molecule has 98 valence electrons. The number of benzene rings is 1. The van der Waals surface area contributed by atoms with Gasteiger partial charge in [0.05, 0.1) is 24.8 Å². The highest BCUT2D eigenvalue weighted by Crippen LogP contribution is 2.33. The summed E-state index contributed by atoms with van der Waals surface area (Å²) in [5, 5.41) is 16.8. The third-order valence-corrected chi connectivity index (χ3v) is 3.34. The molecule has 0 bridgehead atoms. The van der Waals surface area contributed by atoms with Gasteiger partial charge in [-0.15, -0.1) is 0 Å². The number of rotatable bonds is 2. The van der Waals surface area contributed by atoms with Gasteiger partial charge in [-0.3, -0.25) is 4.79 Å². The fourth-order valence-electron chi connectivity index (χ4n) is 2.44. The lowest BCUT2D eigenvalue weighted by Gasteiger charge is -2.23. The van der Waals surface area contributed by atoms with Crippen molar-refractivity contribution in [2.24, 2.45) is 0 Å². The number of carbonyl (C=O) groups is 1. The molecular weight excluding hydrogens is 242 g/mol. The Bertz CT molecular complexity index is 619. The quantitative estimate of drug-likeness (QED) is 0.859. The van der Waals surface area contributed by atoms with Crippen molar-refractivity contribution in [2.45, 2.75) is 19.4 Å². The van der Waals surface area contributed by atoms with Crippen LogP contribution in [0.15, 0.2) is 30.3 Å². The first-order valence-corrected chi connectivity index (χ1v) is 6.26. The number of anilines is 1. The van der Waals surface area contributed by atoms with Crippen molar-refractivity contribution in [1.29, 1.82) is 0 Å². The van der Waals surface area contributed by atoms with E-state index in [1.54, 1.807) is 0 Å². The molecule has 5 heteroatoms. The molecule has 1 aliphatic rings. The fourth-order valence-corrected chi connectivity index (χ4v) is 2.44. The Kier molecular flexibility index (Phi) is 2.83. The largest absolute Gasteiger partial charge is 0.394 e. The van der Waals surface area contributed by atoms with Crippen LogP contribution >= 0.6 is 0 Å². The summed E-state index contributed by atoms with van der Waals surface area (Å²) in [7, 11) is 0. The summed E-state index contributed by atoms with van der Waals surface area (Å²) in [4.78, 5) is 12.0. The molecule has 0 fully saturated rings. The minimum atomic E-state index is -0.237. The highest BCUT2D eigenvalue weighted by atomic mass is 16.3. The van der Waals surface area contributed by atoms with Crippen LogP contribution in [0, 0.1) is 6.92 Å². The summed E-state index contributed by atoms with van der Waals surface area (Å²) in [6.45, 7) is 1.82. The molecule has 0 amide bonds. The lowest BCUT2D eigenvalue weighted by Crippen LogP contribution is -2.36.